The van der Waals surface area contributed by atoms with E-state index in [0.717, 1.165) is 11.3 Å². The number of nitriles is 1. The second-order valence-electron chi connectivity index (χ2n) is 4.77. The highest BCUT2D eigenvalue weighted by molar-refractivity contribution is 6.30. The maximum absolute atomic E-state index is 11.8. The number of rotatable bonds is 6. The molecule has 0 fully saturated rings. The summed E-state index contributed by atoms with van der Waals surface area (Å²) in [5, 5.41) is 15.4. The number of nitrogens with one attached hydrogen (secondary N) is 2. The topological polar surface area (TPSA) is 64.9 Å². The molecule has 0 heterocycles. The molecule has 5 heteroatoms. The van der Waals surface area contributed by atoms with Gasteiger partial charge in [0.15, 0.2) is 0 Å². The lowest BCUT2D eigenvalue weighted by Gasteiger charge is -2.08. The Morgan fingerprint density at radius 2 is 1.77 bits per heavy atom. The number of nitrogens with zero attached hydrogens (tertiary/aromatic N) is 1. The molecule has 2 aromatic rings. The summed E-state index contributed by atoms with van der Waals surface area (Å²) in [6.07, 6.45) is 0.383. The monoisotopic (exact) mass is 313 g/mol. The van der Waals surface area contributed by atoms with E-state index in [1.165, 1.54) is 0 Å². The van der Waals surface area contributed by atoms with Crippen LogP contribution in [0.25, 0.3) is 0 Å². The molecular weight excluding hydrogens is 298 g/mol. The fourth-order valence-electron chi connectivity index (χ4n) is 1.87. The van der Waals surface area contributed by atoms with Gasteiger partial charge < -0.3 is 10.6 Å². The summed E-state index contributed by atoms with van der Waals surface area (Å²) in [4.78, 5) is 11.8. The number of carbonyl (C=O) groups is 1. The zero-order chi connectivity index (χ0) is 15.8. The number of benzene rings is 2. The Morgan fingerprint density at radius 1 is 1.09 bits per heavy atom. The second kappa shape index (κ2) is 8.06. The molecule has 0 bridgehead atoms. The Hall–Kier alpha value is -2.51. The van der Waals surface area contributed by atoms with Gasteiger partial charge in [0.1, 0.15) is 0 Å². The summed E-state index contributed by atoms with van der Waals surface area (Å²) in [6, 6.07) is 16.6. The van der Waals surface area contributed by atoms with Crippen molar-refractivity contribution in [3.8, 4) is 6.07 Å². The largest absolute Gasteiger partial charge is 0.385 e. The number of carbonyl (C=O) groups excluding carboxylic acids is 1. The summed E-state index contributed by atoms with van der Waals surface area (Å²) in [7, 11) is 0. The quantitative estimate of drug-likeness (QED) is 0.859. The van der Waals surface area contributed by atoms with Crippen LogP contribution in [0.2, 0.25) is 5.02 Å². The first kappa shape index (κ1) is 15.9. The predicted octanol–water partition coefficient (Wildman–Crippen LogP) is 3.33. The van der Waals surface area contributed by atoms with E-state index in [9.17, 15) is 4.79 Å². The molecule has 2 N–H and O–H groups in total. The maximum Gasteiger partial charge on any atom is 0.222 e. The fourth-order valence-corrected chi connectivity index (χ4v) is 2.00. The first-order chi connectivity index (χ1) is 10.7. The minimum atomic E-state index is -0.0175. The van der Waals surface area contributed by atoms with Crippen LogP contribution in [0.1, 0.15) is 17.5 Å². The van der Waals surface area contributed by atoms with Crippen LogP contribution in [0.3, 0.4) is 0 Å². The van der Waals surface area contributed by atoms with Crippen LogP contribution in [0.4, 0.5) is 5.69 Å². The zero-order valence-corrected chi connectivity index (χ0v) is 12.7. The number of halogens is 1. The lowest BCUT2D eigenvalue weighted by molar-refractivity contribution is -0.121. The van der Waals surface area contributed by atoms with Crippen molar-refractivity contribution in [1.82, 2.24) is 5.32 Å². The molecule has 0 unspecified atom stereocenters. The first-order valence-corrected chi connectivity index (χ1v) is 7.30. The Kier molecular flexibility index (Phi) is 5.81. The molecule has 0 saturated heterocycles. The normalized spacial score (nSPS) is 9.82. The number of amides is 1. The van der Waals surface area contributed by atoms with Crippen LogP contribution in [-0.2, 0) is 11.3 Å². The molecule has 0 saturated carbocycles. The van der Waals surface area contributed by atoms with E-state index in [1.807, 2.05) is 24.3 Å². The second-order valence-corrected chi connectivity index (χ2v) is 5.21. The molecule has 0 atom stereocenters. The van der Waals surface area contributed by atoms with Crippen LogP contribution in [0, 0.1) is 11.3 Å². The van der Waals surface area contributed by atoms with Crippen molar-refractivity contribution in [2.24, 2.45) is 0 Å². The smallest absolute Gasteiger partial charge is 0.222 e. The van der Waals surface area contributed by atoms with Crippen LogP contribution in [0.15, 0.2) is 48.5 Å². The standard InChI is InChI=1S/C17H16ClN3O/c18-15-5-1-14(2-6-15)12-21-17(22)9-10-20-16-7-3-13(11-19)4-8-16/h1-8,20H,9-10,12H2,(H,21,22). The molecular formula is C17H16ClN3O. The molecule has 1 amide bonds. The van der Waals surface area contributed by atoms with Gasteiger partial charge in [-0.05, 0) is 42.0 Å². The summed E-state index contributed by atoms with van der Waals surface area (Å²) >= 11 is 5.81. The minimum absolute atomic E-state index is 0.0175. The first-order valence-electron chi connectivity index (χ1n) is 6.92. The predicted molar refractivity (Wildman–Crippen MR) is 87.6 cm³/mol. The Labute approximate surface area is 134 Å². The van der Waals surface area contributed by atoms with Crippen molar-refractivity contribution in [3.63, 3.8) is 0 Å². The Balaban J connectivity index is 1.69. The number of hydrogen-bond acceptors (Lipinski definition) is 3. The van der Waals surface area contributed by atoms with Crippen LogP contribution in [0.5, 0.6) is 0 Å². The van der Waals surface area contributed by atoms with Crippen LogP contribution in [-0.4, -0.2) is 12.5 Å². The third kappa shape index (κ3) is 5.12. The average Bonchev–Trinajstić information content (AvgIpc) is 2.55. The van der Waals surface area contributed by atoms with Gasteiger partial charge in [0.05, 0.1) is 11.6 Å². The van der Waals surface area contributed by atoms with E-state index in [-0.39, 0.29) is 5.91 Å². The molecule has 0 aliphatic carbocycles. The summed E-state index contributed by atoms with van der Waals surface area (Å²) < 4.78 is 0. The summed E-state index contributed by atoms with van der Waals surface area (Å²) in [6.45, 7) is 1.03. The van der Waals surface area contributed by atoms with Crippen molar-refractivity contribution in [2.75, 3.05) is 11.9 Å². The van der Waals surface area contributed by atoms with Crippen LogP contribution >= 0.6 is 11.6 Å². The fraction of sp³-hybridized carbons (Fsp3) is 0.176. The van der Waals surface area contributed by atoms with Gasteiger partial charge in [-0.15, -0.1) is 0 Å². The Morgan fingerprint density at radius 3 is 2.41 bits per heavy atom. The SMILES string of the molecule is N#Cc1ccc(NCCC(=O)NCc2ccc(Cl)cc2)cc1. The molecule has 2 aromatic carbocycles. The summed E-state index contributed by atoms with van der Waals surface area (Å²) in [5.41, 5.74) is 2.52. The highest BCUT2D eigenvalue weighted by atomic mass is 35.5. The van der Waals surface area contributed by atoms with Gasteiger partial charge >= 0.3 is 0 Å². The van der Waals surface area contributed by atoms with E-state index < -0.39 is 0 Å². The Bertz CT molecular complexity index is 660. The molecule has 4 nitrogen and oxygen atoms in total. The molecule has 22 heavy (non-hydrogen) atoms. The van der Waals surface area contributed by atoms with E-state index in [2.05, 4.69) is 16.7 Å². The highest BCUT2D eigenvalue weighted by Crippen LogP contribution is 2.10. The molecule has 0 spiro atoms. The average molecular weight is 314 g/mol. The molecule has 0 aliphatic rings. The lowest BCUT2D eigenvalue weighted by Crippen LogP contribution is -2.24. The van der Waals surface area contributed by atoms with Gasteiger partial charge in [-0.2, -0.15) is 5.26 Å². The van der Waals surface area contributed by atoms with Gasteiger partial charge in [-0.3, -0.25) is 4.79 Å². The molecule has 2 rings (SSSR count). The molecule has 0 aliphatic heterocycles. The van der Waals surface area contributed by atoms with Crippen molar-refractivity contribution in [3.05, 3.63) is 64.7 Å². The van der Waals surface area contributed by atoms with Crippen molar-refractivity contribution < 1.29 is 4.79 Å². The highest BCUT2D eigenvalue weighted by Gasteiger charge is 2.01. The van der Waals surface area contributed by atoms with Gasteiger partial charge in [-0.1, -0.05) is 23.7 Å². The van der Waals surface area contributed by atoms with Gasteiger partial charge in [0, 0.05) is 30.2 Å². The zero-order valence-electron chi connectivity index (χ0n) is 12.0. The van der Waals surface area contributed by atoms with Crippen LogP contribution < -0.4 is 10.6 Å². The third-order valence-corrected chi connectivity index (χ3v) is 3.35. The third-order valence-electron chi connectivity index (χ3n) is 3.10. The van der Waals surface area contributed by atoms with E-state index in [4.69, 9.17) is 16.9 Å². The van der Waals surface area contributed by atoms with Gasteiger partial charge in [-0.25, -0.2) is 0 Å². The van der Waals surface area contributed by atoms with E-state index in [0.29, 0.717) is 30.1 Å². The summed E-state index contributed by atoms with van der Waals surface area (Å²) in [5.74, 6) is -0.0175. The van der Waals surface area contributed by atoms with E-state index >= 15 is 0 Å². The molecule has 112 valence electrons. The van der Waals surface area contributed by atoms with Crippen molar-refractivity contribution >= 4 is 23.2 Å². The number of hydrogen-bond donors (Lipinski definition) is 2. The van der Waals surface area contributed by atoms with Crippen molar-refractivity contribution in [1.29, 1.82) is 5.26 Å². The maximum atomic E-state index is 11.8. The molecule has 0 aromatic heterocycles. The van der Waals surface area contributed by atoms with Crippen molar-refractivity contribution in [2.45, 2.75) is 13.0 Å². The lowest BCUT2D eigenvalue weighted by atomic mass is 10.2. The van der Waals surface area contributed by atoms with Gasteiger partial charge in [0.2, 0.25) is 5.91 Å². The van der Waals surface area contributed by atoms with Gasteiger partial charge in [0.25, 0.3) is 0 Å². The molecule has 0 radical (unpaired) electrons. The number of anilines is 1. The minimum Gasteiger partial charge on any atom is -0.385 e. The van der Waals surface area contributed by atoms with E-state index in [1.54, 1.807) is 24.3 Å².